The van der Waals surface area contributed by atoms with Crippen molar-refractivity contribution >= 4 is 28.7 Å². The molecule has 2 heterocycles. The molecule has 0 aliphatic heterocycles. The third-order valence-electron chi connectivity index (χ3n) is 3.60. The Morgan fingerprint density at radius 3 is 2.42 bits per heavy atom. The van der Waals surface area contributed by atoms with Gasteiger partial charge in [-0.1, -0.05) is 25.6 Å². The van der Waals surface area contributed by atoms with Crippen molar-refractivity contribution in [1.29, 1.82) is 0 Å². The average molecular weight is 379 g/mol. The highest BCUT2D eigenvalue weighted by atomic mass is 32.2. The number of carbonyl (C=O) groups excluding carboxylic acids is 1. The summed E-state index contributed by atoms with van der Waals surface area (Å²) in [5.41, 5.74) is -0.523. The van der Waals surface area contributed by atoms with Gasteiger partial charge in [-0.05, 0) is 26.7 Å². The molecule has 0 aliphatic carbocycles. The molecule has 9 heteroatoms. The molecule has 0 aliphatic rings. The molecule has 0 saturated heterocycles. The minimum absolute atomic E-state index is 0.0380. The lowest BCUT2D eigenvalue weighted by molar-refractivity contribution is -0.119. The fraction of sp³-hybridized carbons (Fsp3) is 0.588. The lowest BCUT2D eigenvalue weighted by Gasteiger charge is -2.15. The molecule has 2 aromatic heterocycles. The van der Waals surface area contributed by atoms with Crippen LogP contribution in [0.15, 0.2) is 14.6 Å². The van der Waals surface area contributed by atoms with Crippen LogP contribution in [0.2, 0.25) is 0 Å². The Bertz CT molecular complexity index is 946. The summed E-state index contributed by atoms with van der Waals surface area (Å²) < 4.78 is 2.58. The summed E-state index contributed by atoms with van der Waals surface area (Å²) in [6, 6.07) is 0.0380. The Hall–Kier alpha value is -2.16. The van der Waals surface area contributed by atoms with Gasteiger partial charge >= 0.3 is 5.69 Å². The van der Waals surface area contributed by atoms with E-state index in [1.165, 1.54) is 23.4 Å². The van der Waals surface area contributed by atoms with Crippen LogP contribution < -0.4 is 16.6 Å². The number of carbonyl (C=O) groups is 1. The van der Waals surface area contributed by atoms with Gasteiger partial charge in [-0.25, -0.2) is 14.8 Å². The minimum atomic E-state index is -0.447. The second kappa shape index (κ2) is 8.03. The van der Waals surface area contributed by atoms with E-state index in [1.54, 1.807) is 6.92 Å². The van der Waals surface area contributed by atoms with E-state index < -0.39 is 11.2 Å². The van der Waals surface area contributed by atoms with Crippen molar-refractivity contribution in [3.8, 4) is 0 Å². The normalized spacial score (nSPS) is 11.5. The molecule has 0 unspecified atom stereocenters. The molecule has 8 nitrogen and oxygen atoms in total. The van der Waals surface area contributed by atoms with Gasteiger partial charge in [0.2, 0.25) is 5.91 Å². The minimum Gasteiger partial charge on any atom is -0.353 e. The Morgan fingerprint density at radius 2 is 1.85 bits per heavy atom. The summed E-state index contributed by atoms with van der Waals surface area (Å²) in [5.74, 6) is 0.656. The van der Waals surface area contributed by atoms with Crippen LogP contribution in [0.4, 0.5) is 0 Å². The van der Waals surface area contributed by atoms with E-state index in [2.05, 4.69) is 15.3 Å². The first kappa shape index (κ1) is 20.2. The highest BCUT2D eigenvalue weighted by molar-refractivity contribution is 8.00. The van der Waals surface area contributed by atoms with Gasteiger partial charge in [0.05, 0.1) is 5.75 Å². The number of nitrogens with one attached hydrogen (secondary N) is 1. The van der Waals surface area contributed by atoms with E-state index in [-0.39, 0.29) is 29.0 Å². The molecule has 2 aromatic rings. The SMILES string of the molecule is Cc1nc(SCC(=O)NC(C)C)c2c(=O)n(C)c(=O)n(CC(C)C)c2n1. The van der Waals surface area contributed by atoms with Crippen molar-refractivity contribution in [2.75, 3.05) is 5.75 Å². The highest BCUT2D eigenvalue weighted by Gasteiger charge is 2.19. The number of rotatable bonds is 6. The zero-order valence-electron chi connectivity index (χ0n) is 16.0. The van der Waals surface area contributed by atoms with Crippen LogP contribution in [-0.4, -0.2) is 36.8 Å². The Kier molecular flexibility index (Phi) is 6.22. The lowest BCUT2D eigenvalue weighted by atomic mass is 10.2. The fourth-order valence-corrected chi connectivity index (χ4v) is 3.44. The van der Waals surface area contributed by atoms with Gasteiger partial charge < -0.3 is 5.32 Å². The number of thioether (sulfide) groups is 1. The largest absolute Gasteiger partial charge is 0.353 e. The molecule has 0 spiro atoms. The quantitative estimate of drug-likeness (QED) is 0.595. The summed E-state index contributed by atoms with van der Waals surface area (Å²) in [6.45, 7) is 9.89. The molecule has 26 heavy (non-hydrogen) atoms. The number of fused-ring (bicyclic) bond motifs is 1. The second-order valence-corrected chi connectivity index (χ2v) is 7.90. The molecular weight excluding hydrogens is 354 g/mol. The van der Waals surface area contributed by atoms with E-state index in [1.807, 2.05) is 27.7 Å². The van der Waals surface area contributed by atoms with Crippen molar-refractivity contribution in [2.24, 2.45) is 13.0 Å². The third kappa shape index (κ3) is 4.32. The number of aryl methyl sites for hydroxylation is 1. The van der Waals surface area contributed by atoms with E-state index in [0.717, 1.165) is 4.57 Å². The van der Waals surface area contributed by atoms with Gasteiger partial charge in [-0.2, -0.15) is 0 Å². The van der Waals surface area contributed by atoms with Gasteiger partial charge in [0.1, 0.15) is 16.2 Å². The molecule has 0 radical (unpaired) electrons. The molecule has 0 fully saturated rings. The standard InChI is InChI=1S/C17H25N5O3S/c1-9(2)7-22-14-13(16(24)21(6)17(22)25)15(20-11(5)19-14)26-8-12(23)18-10(3)4/h9-10H,7-8H2,1-6H3,(H,18,23). The number of amides is 1. The van der Waals surface area contributed by atoms with Crippen LogP contribution >= 0.6 is 11.8 Å². The van der Waals surface area contributed by atoms with Crippen LogP contribution in [0.5, 0.6) is 0 Å². The smallest absolute Gasteiger partial charge is 0.332 e. The predicted octanol–water partition coefficient (Wildman–Crippen LogP) is 1.07. The Balaban J connectivity index is 2.62. The second-order valence-electron chi connectivity index (χ2n) is 6.94. The van der Waals surface area contributed by atoms with E-state index in [4.69, 9.17) is 0 Å². The molecule has 0 bridgehead atoms. The van der Waals surface area contributed by atoms with Gasteiger partial charge in [-0.3, -0.25) is 18.7 Å². The predicted molar refractivity (Wildman–Crippen MR) is 103 cm³/mol. The molecule has 1 N–H and O–H groups in total. The summed E-state index contributed by atoms with van der Waals surface area (Å²) in [5, 5.41) is 3.51. The molecule has 2 rings (SSSR count). The average Bonchev–Trinajstić information content (AvgIpc) is 2.53. The summed E-state index contributed by atoms with van der Waals surface area (Å²) in [4.78, 5) is 45.9. The Morgan fingerprint density at radius 1 is 1.19 bits per heavy atom. The maximum absolute atomic E-state index is 12.7. The number of aromatic nitrogens is 4. The topological polar surface area (TPSA) is 98.9 Å². The van der Waals surface area contributed by atoms with Gasteiger partial charge in [-0.15, -0.1) is 0 Å². The first-order chi connectivity index (χ1) is 12.1. The van der Waals surface area contributed by atoms with Crippen LogP contribution in [0.1, 0.15) is 33.5 Å². The van der Waals surface area contributed by atoms with E-state index in [0.29, 0.717) is 23.0 Å². The van der Waals surface area contributed by atoms with Crippen molar-refractivity contribution in [3.05, 3.63) is 26.7 Å². The fourth-order valence-electron chi connectivity index (χ4n) is 2.57. The molecular formula is C17H25N5O3S. The van der Waals surface area contributed by atoms with E-state index >= 15 is 0 Å². The number of hydrogen-bond donors (Lipinski definition) is 1. The summed E-state index contributed by atoms with van der Waals surface area (Å²) in [6.07, 6.45) is 0. The maximum Gasteiger partial charge on any atom is 0.332 e. The molecule has 0 aromatic carbocycles. The maximum atomic E-state index is 12.7. The van der Waals surface area contributed by atoms with Crippen molar-refractivity contribution in [3.63, 3.8) is 0 Å². The number of nitrogens with zero attached hydrogens (tertiary/aromatic N) is 4. The Labute approximate surface area is 156 Å². The van der Waals surface area contributed by atoms with Crippen molar-refractivity contribution in [1.82, 2.24) is 24.4 Å². The molecule has 0 atom stereocenters. The van der Waals surface area contributed by atoms with Gasteiger partial charge in [0.15, 0.2) is 5.65 Å². The van der Waals surface area contributed by atoms with Gasteiger partial charge in [0.25, 0.3) is 5.56 Å². The van der Waals surface area contributed by atoms with Crippen molar-refractivity contribution in [2.45, 2.75) is 52.2 Å². The summed E-state index contributed by atoms with van der Waals surface area (Å²) >= 11 is 1.18. The zero-order valence-corrected chi connectivity index (χ0v) is 16.8. The lowest BCUT2D eigenvalue weighted by Crippen LogP contribution is -2.39. The zero-order chi connectivity index (χ0) is 19.6. The third-order valence-corrected chi connectivity index (χ3v) is 4.57. The molecule has 0 saturated carbocycles. The van der Waals surface area contributed by atoms with Crippen LogP contribution in [0, 0.1) is 12.8 Å². The van der Waals surface area contributed by atoms with Crippen LogP contribution in [-0.2, 0) is 18.4 Å². The van der Waals surface area contributed by atoms with Crippen LogP contribution in [0.25, 0.3) is 11.0 Å². The highest BCUT2D eigenvalue weighted by Crippen LogP contribution is 2.22. The first-order valence-electron chi connectivity index (χ1n) is 8.52. The summed E-state index contributed by atoms with van der Waals surface area (Å²) in [7, 11) is 1.45. The van der Waals surface area contributed by atoms with Gasteiger partial charge in [0, 0.05) is 19.6 Å². The van der Waals surface area contributed by atoms with Crippen LogP contribution in [0.3, 0.4) is 0 Å². The molecule has 142 valence electrons. The number of hydrogen-bond acceptors (Lipinski definition) is 6. The van der Waals surface area contributed by atoms with Crippen molar-refractivity contribution < 1.29 is 4.79 Å². The molecule has 1 amide bonds. The monoisotopic (exact) mass is 379 g/mol. The first-order valence-corrected chi connectivity index (χ1v) is 9.50. The van der Waals surface area contributed by atoms with E-state index in [9.17, 15) is 14.4 Å².